The first-order chi connectivity index (χ1) is 10.3. The van der Waals surface area contributed by atoms with Crippen LogP contribution in [0.4, 0.5) is 11.5 Å². The van der Waals surface area contributed by atoms with Crippen LogP contribution in [0.15, 0.2) is 36.7 Å². The van der Waals surface area contributed by atoms with Gasteiger partial charge in [0.2, 0.25) is 0 Å². The molecular formula is C15H15N3O3. The van der Waals surface area contributed by atoms with Gasteiger partial charge in [0.05, 0.1) is 31.8 Å². The van der Waals surface area contributed by atoms with Crippen LogP contribution in [-0.4, -0.2) is 36.2 Å². The number of hydrogen-bond acceptors (Lipinski definition) is 6. The monoisotopic (exact) mass is 285 g/mol. The van der Waals surface area contributed by atoms with Crippen molar-refractivity contribution in [1.82, 2.24) is 9.97 Å². The first-order valence-electron chi connectivity index (χ1n) is 6.69. The summed E-state index contributed by atoms with van der Waals surface area (Å²) in [6, 6.07) is 7.81. The van der Waals surface area contributed by atoms with Crippen molar-refractivity contribution in [3.05, 3.63) is 42.4 Å². The Labute approximate surface area is 122 Å². The molecule has 6 nitrogen and oxygen atoms in total. The lowest BCUT2D eigenvalue weighted by molar-refractivity contribution is 0.0593. The van der Waals surface area contributed by atoms with E-state index in [2.05, 4.69) is 14.7 Å². The summed E-state index contributed by atoms with van der Waals surface area (Å²) in [5, 5.41) is 0. The minimum absolute atomic E-state index is 0.195. The van der Waals surface area contributed by atoms with Gasteiger partial charge in [-0.05, 0) is 18.6 Å². The Bertz CT molecular complexity index is 643. The number of rotatable bonds is 2. The third-order valence-electron chi connectivity index (χ3n) is 3.25. The molecule has 0 saturated heterocycles. The fourth-order valence-electron chi connectivity index (χ4n) is 2.24. The molecule has 0 fully saturated rings. The molecule has 2 aromatic rings. The summed E-state index contributed by atoms with van der Waals surface area (Å²) in [4.78, 5) is 21.9. The Kier molecular flexibility index (Phi) is 3.68. The zero-order valence-corrected chi connectivity index (χ0v) is 11.7. The second-order valence-electron chi connectivity index (χ2n) is 4.57. The number of esters is 1. The van der Waals surface area contributed by atoms with Gasteiger partial charge in [0.25, 0.3) is 0 Å². The van der Waals surface area contributed by atoms with Crippen LogP contribution in [0.25, 0.3) is 0 Å². The predicted molar refractivity (Wildman–Crippen MR) is 76.9 cm³/mol. The Hall–Kier alpha value is -2.63. The number of ether oxygens (including phenoxy) is 2. The molecule has 1 aromatic heterocycles. The number of hydrogen-bond donors (Lipinski definition) is 0. The molecule has 0 radical (unpaired) electrons. The maximum atomic E-state index is 11.4. The summed E-state index contributed by atoms with van der Waals surface area (Å²) in [6.45, 7) is 1.45. The van der Waals surface area contributed by atoms with Crippen LogP contribution in [0.2, 0.25) is 0 Å². The molecule has 2 heterocycles. The van der Waals surface area contributed by atoms with Gasteiger partial charge in [-0.15, -0.1) is 0 Å². The molecule has 21 heavy (non-hydrogen) atoms. The van der Waals surface area contributed by atoms with E-state index in [1.807, 2.05) is 29.2 Å². The molecule has 0 spiro atoms. The number of fused-ring (bicyclic) bond motifs is 1. The van der Waals surface area contributed by atoms with Crippen molar-refractivity contribution in [2.24, 2.45) is 0 Å². The zero-order chi connectivity index (χ0) is 14.7. The molecule has 0 saturated carbocycles. The normalized spacial score (nSPS) is 13.9. The van der Waals surface area contributed by atoms with Gasteiger partial charge in [0, 0.05) is 6.54 Å². The number of para-hydroxylation sites is 2. The van der Waals surface area contributed by atoms with E-state index in [9.17, 15) is 4.79 Å². The van der Waals surface area contributed by atoms with E-state index in [-0.39, 0.29) is 5.69 Å². The average Bonchev–Trinajstić information content (AvgIpc) is 2.77. The van der Waals surface area contributed by atoms with E-state index >= 15 is 0 Å². The van der Waals surface area contributed by atoms with E-state index in [0.29, 0.717) is 12.4 Å². The minimum Gasteiger partial charge on any atom is -0.491 e. The van der Waals surface area contributed by atoms with Crippen LogP contribution in [0.5, 0.6) is 5.75 Å². The molecule has 0 amide bonds. The highest BCUT2D eigenvalue weighted by Gasteiger charge is 2.19. The maximum Gasteiger partial charge on any atom is 0.358 e. The molecule has 3 rings (SSSR count). The summed E-state index contributed by atoms with van der Waals surface area (Å²) < 4.78 is 10.3. The lowest BCUT2D eigenvalue weighted by Gasteiger charge is -2.22. The molecular weight excluding hydrogens is 270 g/mol. The average molecular weight is 285 g/mol. The summed E-state index contributed by atoms with van der Waals surface area (Å²) in [6.07, 6.45) is 3.89. The van der Waals surface area contributed by atoms with Crippen LogP contribution in [0.3, 0.4) is 0 Å². The molecule has 0 aliphatic carbocycles. The van der Waals surface area contributed by atoms with Crippen LogP contribution in [-0.2, 0) is 4.74 Å². The number of nitrogens with zero attached hydrogens (tertiary/aromatic N) is 3. The van der Waals surface area contributed by atoms with Crippen molar-refractivity contribution >= 4 is 17.5 Å². The van der Waals surface area contributed by atoms with E-state index in [4.69, 9.17) is 4.74 Å². The Morgan fingerprint density at radius 1 is 1.29 bits per heavy atom. The maximum absolute atomic E-state index is 11.4. The third-order valence-corrected chi connectivity index (χ3v) is 3.25. The number of benzene rings is 1. The second kappa shape index (κ2) is 5.78. The topological polar surface area (TPSA) is 64.5 Å². The van der Waals surface area contributed by atoms with Gasteiger partial charge in [-0.25, -0.2) is 14.8 Å². The number of carbonyl (C=O) groups excluding carboxylic acids is 1. The molecule has 0 N–H and O–H groups in total. The Balaban J connectivity index is 1.94. The van der Waals surface area contributed by atoms with Gasteiger partial charge < -0.3 is 14.4 Å². The lowest BCUT2D eigenvalue weighted by Crippen LogP contribution is -2.19. The molecule has 0 atom stereocenters. The van der Waals surface area contributed by atoms with Crippen molar-refractivity contribution in [3.63, 3.8) is 0 Å². The van der Waals surface area contributed by atoms with Crippen molar-refractivity contribution in [3.8, 4) is 5.75 Å². The van der Waals surface area contributed by atoms with Crippen LogP contribution >= 0.6 is 0 Å². The van der Waals surface area contributed by atoms with Crippen LogP contribution in [0, 0.1) is 0 Å². The van der Waals surface area contributed by atoms with E-state index < -0.39 is 5.97 Å². The Morgan fingerprint density at radius 2 is 2.14 bits per heavy atom. The molecule has 6 heteroatoms. The number of aromatic nitrogens is 2. The first kappa shape index (κ1) is 13.4. The second-order valence-corrected chi connectivity index (χ2v) is 4.57. The number of anilines is 2. The van der Waals surface area contributed by atoms with Gasteiger partial charge in [-0.2, -0.15) is 0 Å². The predicted octanol–water partition coefficient (Wildman–Crippen LogP) is 2.18. The van der Waals surface area contributed by atoms with Gasteiger partial charge in [0.1, 0.15) is 5.75 Å². The molecule has 108 valence electrons. The standard InChI is InChI=1S/C15H15N3O3/c1-20-15(19)11-9-17-14(10-16-11)18-7-4-8-21-13-6-3-2-5-12(13)18/h2-3,5-6,9-10H,4,7-8H2,1H3. The summed E-state index contributed by atoms with van der Waals surface area (Å²) in [5.74, 6) is 1.02. The van der Waals surface area contributed by atoms with Crippen LogP contribution in [0.1, 0.15) is 16.9 Å². The smallest absolute Gasteiger partial charge is 0.358 e. The molecule has 1 aliphatic heterocycles. The van der Waals surface area contributed by atoms with E-state index in [1.54, 1.807) is 6.20 Å². The van der Waals surface area contributed by atoms with E-state index in [1.165, 1.54) is 13.3 Å². The van der Waals surface area contributed by atoms with Crippen LogP contribution < -0.4 is 9.64 Å². The molecule has 1 aliphatic rings. The van der Waals surface area contributed by atoms with Gasteiger partial charge in [-0.1, -0.05) is 12.1 Å². The summed E-state index contributed by atoms with van der Waals surface area (Å²) in [7, 11) is 1.32. The molecule has 1 aromatic carbocycles. The quantitative estimate of drug-likeness (QED) is 0.788. The fourth-order valence-corrected chi connectivity index (χ4v) is 2.24. The van der Waals surface area contributed by atoms with Gasteiger partial charge >= 0.3 is 5.97 Å². The first-order valence-corrected chi connectivity index (χ1v) is 6.69. The Morgan fingerprint density at radius 3 is 2.90 bits per heavy atom. The fraction of sp³-hybridized carbons (Fsp3) is 0.267. The van der Waals surface area contributed by atoms with Crippen molar-refractivity contribution < 1.29 is 14.3 Å². The van der Waals surface area contributed by atoms with Gasteiger partial charge in [-0.3, -0.25) is 0 Å². The largest absolute Gasteiger partial charge is 0.491 e. The van der Waals surface area contributed by atoms with Crippen molar-refractivity contribution in [1.29, 1.82) is 0 Å². The highest BCUT2D eigenvalue weighted by atomic mass is 16.5. The number of carbonyl (C=O) groups is 1. The number of methoxy groups -OCH3 is 1. The van der Waals surface area contributed by atoms with Crippen molar-refractivity contribution in [2.45, 2.75) is 6.42 Å². The third kappa shape index (κ3) is 2.65. The SMILES string of the molecule is COC(=O)c1cnc(N2CCCOc3ccccc32)cn1. The minimum atomic E-state index is -0.492. The highest BCUT2D eigenvalue weighted by Crippen LogP contribution is 2.34. The summed E-state index contributed by atoms with van der Waals surface area (Å²) in [5.41, 5.74) is 1.15. The summed E-state index contributed by atoms with van der Waals surface area (Å²) >= 11 is 0. The van der Waals surface area contributed by atoms with Crippen molar-refractivity contribution in [2.75, 3.05) is 25.2 Å². The molecule has 0 unspecified atom stereocenters. The van der Waals surface area contributed by atoms with E-state index in [0.717, 1.165) is 24.4 Å². The van der Waals surface area contributed by atoms with Gasteiger partial charge in [0.15, 0.2) is 11.5 Å². The molecule has 0 bridgehead atoms. The lowest BCUT2D eigenvalue weighted by atomic mass is 10.2. The highest BCUT2D eigenvalue weighted by molar-refractivity contribution is 5.86. The zero-order valence-electron chi connectivity index (χ0n) is 11.7.